The maximum absolute atomic E-state index is 12.8. The summed E-state index contributed by atoms with van der Waals surface area (Å²) in [4.78, 5) is 14.0. The topological polar surface area (TPSA) is 74.1 Å². The SMILES string of the molecule is CCOc1cccc(C)c1C1CC1C(=O)Nc1sc2c(c1C#N)CCNC2. The molecule has 1 saturated carbocycles. The number of fused-ring (bicyclic) bond motifs is 1. The van der Waals surface area contributed by atoms with Crippen LogP contribution in [-0.2, 0) is 17.8 Å². The number of nitriles is 1. The highest BCUT2D eigenvalue weighted by atomic mass is 32.1. The number of rotatable bonds is 5. The first-order valence-corrected chi connectivity index (χ1v) is 10.2. The van der Waals surface area contributed by atoms with Crippen molar-refractivity contribution in [3.05, 3.63) is 45.3 Å². The minimum Gasteiger partial charge on any atom is -0.494 e. The molecule has 4 rings (SSSR count). The van der Waals surface area contributed by atoms with Gasteiger partial charge < -0.3 is 15.4 Å². The van der Waals surface area contributed by atoms with Crippen molar-refractivity contribution >= 4 is 22.2 Å². The van der Waals surface area contributed by atoms with E-state index in [9.17, 15) is 10.1 Å². The normalized spacial score (nSPS) is 20.5. The molecule has 0 spiro atoms. The predicted octanol–water partition coefficient (Wildman–Crippen LogP) is 3.71. The van der Waals surface area contributed by atoms with Crippen LogP contribution in [0.15, 0.2) is 18.2 Å². The van der Waals surface area contributed by atoms with Gasteiger partial charge in [-0.3, -0.25) is 4.79 Å². The molecule has 1 amide bonds. The summed E-state index contributed by atoms with van der Waals surface area (Å²) in [5, 5.41) is 16.6. The van der Waals surface area contributed by atoms with Crippen molar-refractivity contribution in [3.8, 4) is 11.8 Å². The molecule has 5 nitrogen and oxygen atoms in total. The number of aryl methyl sites for hydroxylation is 1. The van der Waals surface area contributed by atoms with Crippen LogP contribution < -0.4 is 15.4 Å². The average Bonchev–Trinajstić information content (AvgIpc) is 3.36. The minimum absolute atomic E-state index is 0.00811. The first-order valence-electron chi connectivity index (χ1n) is 9.42. The molecule has 140 valence electrons. The first-order chi connectivity index (χ1) is 13.1. The molecule has 2 aliphatic rings. The number of nitrogens with one attached hydrogen (secondary N) is 2. The van der Waals surface area contributed by atoms with Gasteiger partial charge in [0.05, 0.1) is 12.2 Å². The fourth-order valence-electron chi connectivity index (χ4n) is 3.96. The van der Waals surface area contributed by atoms with E-state index >= 15 is 0 Å². The van der Waals surface area contributed by atoms with E-state index in [-0.39, 0.29) is 17.7 Å². The summed E-state index contributed by atoms with van der Waals surface area (Å²) in [5.41, 5.74) is 4.06. The van der Waals surface area contributed by atoms with Crippen molar-refractivity contribution in [2.24, 2.45) is 5.92 Å². The molecule has 6 heteroatoms. The van der Waals surface area contributed by atoms with Crippen molar-refractivity contribution in [1.29, 1.82) is 5.26 Å². The molecular formula is C21H23N3O2S. The van der Waals surface area contributed by atoms with Crippen LogP contribution in [0.4, 0.5) is 5.00 Å². The molecule has 2 heterocycles. The summed E-state index contributed by atoms with van der Waals surface area (Å²) in [7, 11) is 0. The van der Waals surface area contributed by atoms with Gasteiger partial charge in [-0.25, -0.2) is 0 Å². The molecule has 1 aromatic heterocycles. The third-order valence-corrected chi connectivity index (χ3v) is 6.51. The quantitative estimate of drug-likeness (QED) is 0.828. The Morgan fingerprint density at radius 1 is 1.48 bits per heavy atom. The Balaban J connectivity index is 1.52. The Morgan fingerprint density at radius 2 is 2.33 bits per heavy atom. The predicted molar refractivity (Wildman–Crippen MR) is 106 cm³/mol. The van der Waals surface area contributed by atoms with E-state index in [1.54, 1.807) is 0 Å². The largest absolute Gasteiger partial charge is 0.494 e. The van der Waals surface area contributed by atoms with Gasteiger partial charge in [-0.05, 0) is 50.4 Å². The minimum atomic E-state index is -0.0610. The summed E-state index contributed by atoms with van der Waals surface area (Å²) in [6.45, 7) is 6.31. The number of ether oxygens (including phenoxy) is 1. The summed E-state index contributed by atoms with van der Waals surface area (Å²) >= 11 is 1.53. The first kappa shape index (κ1) is 18.0. The third-order valence-electron chi connectivity index (χ3n) is 5.36. The second kappa shape index (κ2) is 7.34. The zero-order chi connectivity index (χ0) is 19.0. The molecule has 2 unspecified atom stereocenters. The van der Waals surface area contributed by atoms with Crippen LogP contribution in [0.25, 0.3) is 0 Å². The average molecular weight is 382 g/mol. The summed E-state index contributed by atoms with van der Waals surface area (Å²) in [5.74, 6) is 1.02. The lowest BCUT2D eigenvalue weighted by Gasteiger charge is -2.13. The monoisotopic (exact) mass is 381 g/mol. The lowest BCUT2D eigenvalue weighted by atomic mass is 10.0. The number of hydrogen-bond donors (Lipinski definition) is 2. The Labute approximate surface area is 163 Å². The highest BCUT2D eigenvalue weighted by Crippen LogP contribution is 2.52. The van der Waals surface area contributed by atoms with E-state index < -0.39 is 0 Å². The van der Waals surface area contributed by atoms with Crippen molar-refractivity contribution in [1.82, 2.24) is 5.32 Å². The molecule has 27 heavy (non-hydrogen) atoms. The maximum atomic E-state index is 12.8. The molecule has 1 aromatic carbocycles. The van der Waals surface area contributed by atoms with Crippen molar-refractivity contribution < 1.29 is 9.53 Å². The van der Waals surface area contributed by atoms with E-state index in [0.29, 0.717) is 17.2 Å². The summed E-state index contributed by atoms with van der Waals surface area (Å²) in [6.07, 6.45) is 1.67. The lowest BCUT2D eigenvalue weighted by molar-refractivity contribution is -0.117. The molecular weight excluding hydrogens is 358 g/mol. The summed E-state index contributed by atoms with van der Waals surface area (Å²) in [6, 6.07) is 8.33. The molecule has 0 radical (unpaired) electrons. The van der Waals surface area contributed by atoms with Gasteiger partial charge in [-0.1, -0.05) is 12.1 Å². The molecule has 2 aromatic rings. The van der Waals surface area contributed by atoms with Crippen LogP contribution in [0.2, 0.25) is 0 Å². The standard InChI is InChI=1S/C21H23N3O2S/c1-3-26-17-6-4-5-12(2)19(17)14-9-15(14)20(25)24-21-16(10-22)13-7-8-23-11-18(13)27-21/h4-6,14-15,23H,3,7-9,11H2,1-2H3,(H,24,25). The number of anilines is 1. The summed E-state index contributed by atoms with van der Waals surface area (Å²) < 4.78 is 5.78. The van der Waals surface area contributed by atoms with Crippen molar-refractivity contribution in [3.63, 3.8) is 0 Å². The highest BCUT2D eigenvalue weighted by molar-refractivity contribution is 7.16. The fraction of sp³-hybridized carbons (Fsp3) is 0.429. The Hall–Kier alpha value is -2.36. The molecule has 2 atom stereocenters. The van der Waals surface area contributed by atoms with Gasteiger partial charge in [0, 0.05) is 28.8 Å². The van der Waals surface area contributed by atoms with Crippen LogP contribution in [0.3, 0.4) is 0 Å². The van der Waals surface area contributed by atoms with Crippen LogP contribution in [0, 0.1) is 24.2 Å². The van der Waals surface area contributed by atoms with Crippen molar-refractivity contribution in [2.75, 3.05) is 18.5 Å². The molecule has 1 aliphatic carbocycles. The van der Waals surface area contributed by atoms with Gasteiger partial charge >= 0.3 is 0 Å². The Morgan fingerprint density at radius 3 is 3.11 bits per heavy atom. The van der Waals surface area contributed by atoms with Gasteiger partial charge in [0.1, 0.15) is 16.8 Å². The Kier molecular flexibility index (Phi) is 4.90. The molecule has 2 N–H and O–H groups in total. The van der Waals surface area contributed by atoms with E-state index in [1.807, 2.05) is 19.1 Å². The number of carbonyl (C=O) groups excluding carboxylic acids is 1. The number of hydrogen-bond acceptors (Lipinski definition) is 5. The van der Waals surface area contributed by atoms with Gasteiger partial charge in [0.2, 0.25) is 5.91 Å². The molecule has 0 saturated heterocycles. The Bertz CT molecular complexity index is 928. The van der Waals surface area contributed by atoms with Crippen molar-refractivity contribution in [2.45, 2.75) is 39.2 Å². The zero-order valence-corrected chi connectivity index (χ0v) is 16.4. The van der Waals surface area contributed by atoms with Gasteiger partial charge in [-0.15, -0.1) is 11.3 Å². The molecule has 0 bridgehead atoms. The van der Waals surface area contributed by atoms with Crippen LogP contribution in [0.1, 0.15) is 46.4 Å². The van der Waals surface area contributed by atoms with Crippen LogP contribution in [0.5, 0.6) is 5.75 Å². The highest BCUT2D eigenvalue weighted by Gasteiger charge is 2.46. The van der Waals surface area contributed by atoms with Crippen LogP contribution in [-0.4, -0.2) is 19.1 Å². The maximum Gasteiger partial charge on any atom is 0.228 e. The number of benzene rings is 1. The second-order valence-electron chi connectivity index (χ2n) is 7.10. The van der Waals surface area contributed by atoms with Gasteiger partial charge in [0.25, 0.3) is 0 Å². The van der Waals surface area contributed by atoms with E-state index in [0.717, 1.165) is 53.2 Å². The fourth-order valence-corrected chi connectivity index (χ4v) is 5.13. The molecule has 1 fully saturated rings. The zero-order valence-electron chi connectivity index (χ0n) is 15.6. The van der Waals surface area contributed by atoms with Gasteiger partial charge in [-0.2, -0.15) is 5.26 Å². The second-order valence-corrected chi connectivity index (χ2v) is 8.21. The van der Waals surface area contributed by atoms with Gasteiger partial charge in [0.15, 0.2) is 0 Å². The number of thiophene rings is 1. The van der Waals surface area contributed by atoms with Crippen LogP contribution >= 0.6 is 11.3 Å². The third kappa shape index (κ3) is 3.33. The van der Waals surface area contributed by atoms with E-state index in [4.69, 9.17) is 4.74 Å². The van der Waals surface area contributed by atoms with E-state index in [2.05, 4.69) is 29.7 Å². The number of nitrogens with zero attached hydrogens (tertiary/aromatic N) is 1. The van der Waals surface area contributed by atoms with E-state index in [1.165, 1.54) is 11.3 Å². The lowest BCUT2D eigenvalue weighted by Crippen LogP contribution is -2.22. The number of carbonyl (C=O) groups is 1. The molecule has 1 aliphatic heterocycles. The smallest absolute Gasteiger partial charge is 0.228 e. The number of amides is 1.